The number of hydrogen-bond acceptors (Lipinski definition) is 0. The molecule has 0 bridgehead atoms. The van der Waals surface area contributed by atoms with Crippen LogP contribution in [-0.4, -0.2) is 0 Å². The van der Waals surface area contributed by atoms with Crippen molar-refractivity contribution >= 4 is 44.0 Å². The van der Waals surface area contributed by atoms with Crippen LogP contribution in [0.3, 0.4) is 0 Å². The molecule has 40 heavy (non-hydrogen) atoms. The second-order valence-corrected chi connectivity index (χ2v) is 10.8. The average molecular weight is 513 g/mol. The van der Waals surface area contributed by atoms with E-state index in [9.17, 15) is 0 Å². The van der Waals surface area contributed by atoms with Crippen molar-refractivity contribution in [2.75, 3.05) is 0 Å². The normalized spacial score (nSPS) is 15.3. The summed E-state index contributed by atoms with van der Waals surface area (Å²) in [4.78, 5) is 0. The van der Waals surface area contributed by atoms with E-state index in [-0.39, 0.29) is 0 Å². The van der Waals surface area contributed by atoms with Crippen molar-refractivity contribution in [2.24, 2.45) is 5.92 Å². The fourth-order valence-corrected chi connectivity index (χ4v) is 6.62. The van der Waals surface area contributed by atoms with E-state index in [0.717, 1.165) is 12.8 Å². The van der Waals surface area contributed by atoms with Crippen molar-refractivity contribution in [1.29, 1.82) is 0 Å². The minimum absolute atomic E-state index is 0.460. The fourth-order valence-electron chi connectivity index (χ4n) is 6.62. The third-order valence-electron chi connectivity index (χ3n) is 8.34. The first-order valence-electron chi connectivity index (χ1n) is 14.3. The van der Waals surface area contributed by atoms with Gasteiger partial charge in [0.2, 0.25) is 0 Å². The van der Waals surface area contributed by atoms with Crippen LogP contribution in [0.15, 0.2) is 140 Å². The van der Waals surface area contributed by atoms with Crippen LogP contribution in [0.1, 0.15) is 25.3 Å². The van der Waals surface area contributed by atoms with Crippen molar-refractivity contribution in [2.45, 2.75) is 19.8 Å². The first-order valence-corrected chi connectivity index (χ1v) is 14.3. The van der Waals surface area contributed by atoms with Crippen molar-refractivity contribution in [3.63, 3.8) is 0 Å². The molecular formula is C40H32. The molecule has 0 N–H and O–H groups in total. The third-order valence-corrected chi connectivity index (χ3v) is 8.34. The van der Waals surface area contributed by atoms with Crippen molar-refractivity contribution in [1.82, 2.24) is 0 Å². The Balaban J connectivity index is 1.56. The summed E-state index contributed by atoms with van der Waals surface area (Å²) < 4.78 is 0. The zero-order chi connectivity index (χ0) is 26.9. The summed E-state index contributed by atoms with van der Waals surface area (Å²) in [5, 5.41) is 10.6. The van der Waals surface area contributed by atoms with E-state index >= 15 is 0 Å². The molecule has 0 heteroatoms. The van der Waals surface area contributed by atoms with Crippen LogP contribution in [0.25, 0.3) is 55.1 Å². The molecule has 1 aliphatic rings. The highest BCUT2D eigenvalue weighted by atomic mass is 14.3. The summed E-state index contributed by atoms with van der Waals surface area (Å²) in [6.07, 6.45) is 13.2. The summed E-state index contributed by atoms with van der Waals surface area (Å²) in [5.41, 5.74) is 5.47. The van der Waals surface area contributed by atoms with Crippen molar-refractivity contribution in [3.05, 3.63) is 156 Å². The molecule has 1 atom stereocenters. The maximum atomic E-state index is 2.48. The smallest absolute Gasteiger partial charge is 0.00201 e. The molecule has 0 saturated carbocycles. The van der Waals surface area contributed by atoms with E-state index < -0.39 is 0 Å². The summed E-state index contributed by atoms with van der Waals surface area (Å²) in [5.74, 6) is 0.460. The molecule has 6 aromatic rings. The van der Waals surface area contributed by atoms with Gasteiger partial charge in [-0.2, -0.15) is 0 Å². The Bertz CT molecular complexity index is 2010. The number of fused-ring (bicyclic) bond motifs is 4. The predicted molar refractivity (Wildman–Crippen MR) is 174 cm³/mol. The summed E-state index contributed by atoms with van der Waals surface area (Å²) in [6.45, 7) is 2.07. The van der Waals surface area contributed by atoms with E-state index in [1.807, 2.05) is 0 Å². The lowest BCUT2D eigenvalue weighted by atomic mass is 9.80. The molecule has 0 heterocycles. The maximum Gasteiger partial charge on any atom is -0.00201 e. The van der Waals surface area contributed by atoms with Gasteiger partial charge in [0, 0.05) is 0 Å². The highest BCUT2D eigenvalue weighted by molar-refractivity contribution is 6.21. The van der Waals surface area contributed by atoms with Gasteiger partial charge in [-0.15, -0.1) is 0 Å². The Hall–Kier alpha value is -4.68. The van der Waals surface area contributed by atoms with E-state index in [0.29, 0.717) is 5.92 Å². The second kappa shape index (κ2) is 10.5. The van der Waals surface area contributed by atoms with Crippen molar-refractivity contribution in [3.8, 4) is 11.1 Å². The molecule has 7 rings (SSSR count). The molecule has 0 saturated heterocycles. The van der Waals surface area contributed by atoms with E-state index in [4.69, 9.17) is 0 Å². The van der Waals surface area contributed by atoms with Crippen molar-refractivity contribution < 1.29 is 0 Å². The number of benzene rings is 6. The Kier molecular flexibility index (Phi) is 6.38. The zero-order valence-corrected chi connectivity index (χ0v) is 22.8. The SMILES string of the molecule is C/C=C\C=C/C[C@H]1C=c2ccccc2=C(c2c3ccccc3c(-c3cccc4ccccc34)c3ccccc23)C1. The molecule has 192 valence electrons. The monoisotopic (exact) mass is 512 g/mol. The lowest BCUT2D eigenvalue weighted by molar-refractivity contribution is 0.713. The summed E-state index contributed by atoms with van der Waals surface area (Å²) in [7, 11) is 0. The van der Waals surface area contributed by atoms with E-state index in [2.05, 4.69) is 153 Å². The highest BCUT2D eigenvalue weighted by Gasteiger charge is 2.22. The van der Waals surface area contributed by atoms with Gasteiger partial charge in [0.15, 0.2) is 0 Å². The van der Waals surface area contributed by atoms with Crippen LogP contribution in [0, 0.1) is 5.92 Å². The van der Waals surface area contributed by atoms with E-state index in [1.165, 1.54) is 65.0 Å². The van der Waals surface area contributed by atoms with Gasteiger partial charge >= 0.3 is 0 Å². The maximum absolute atomic E-state index is 2.48. The summed E-state index contributed by atoms with van der Waals surface area (Å²) in [6, 6.07) is 42.5. The molecule has 0 nitrogen and oxygen atoms in total. The standard InChI is InChI=1S/C40H32/c1-2-3-4-5-15-28-26-30-17-7-9-20-32(30)38(27-28)40-36-23-12-10-21-34(36)39(35-22-11-13-24-37(35)40)33-25-14-18-29-16-6-8-19-31(29)33/h2-14,16-26,28H,15,27H2,1H3/b3-2-,5-4-/t28-/m0/s1. The topological polar surface area (TPSA) is 0 Å². The van der Waals surface area contributed by atoms with Gasteiger partial charge in [-0.3, -0.25) is 0 Å². The van der Waals surface area contributed by atoms with Crippen LogP contribution < -0.4 is 10.4 Å². The molecule has 0 amide bonds. The zero-order valence-electron chi connectivity index (χ0n) is 22.8. The van der Waals surface area contributed by atoms with Gasteiger partial charge in [-0.1, -0.05) is 146 Å². The molecule has 0 fully saturated rings. The lowest BCUT2D eigenvalue weighted by Gasteiger charge is -2.24. The molecule has 0 aromatic heterocycles. The fraction of sp³-hybridized carbons (Fsp3) is 0.100. The molecule has 1 aliphatic carbocycles. The number of allylic oxidation sites excluding steroid dienone is 4. The molecule has 0 unspecified atom stereocenters. The number of hydrogen-bond donors (Lipinski definition) is 0. The molecule has 6 aromatic carbocycles. The molecule has 0 aliphatic heterocycles. The van der Waals surface area contributed by atoms with Crippen LogP contribution in [0.5, 0.6) is 0 Å². The van der Waals surface area contributed by atoms with Gasteiger partial charge < -0.3 is 0 Å². The predicted octanol–water partition coefficient (Wildman–Crippen LogP) is 9.33. The van der Waals surface area contributed by atoms with Crippen LogP contribution in [0.2, 0.25) is 0 Å². The van der Waals surface area contributed by atoms with Crippen LogP contribution in [-0.2, 0) is 0 Å². The third kappa shape index (κ3) is 4.17. The van der Waals surface area contributed by atoms with Crippen LogP contribution in [0.4, 0.5) is 0 Å². The van der Waals surface area contributed by atoms with Gasteiger partial charge in [0.05, 0.1) is 0 Å². The minimum Gasteiger partial charge on any atom is -0.0877 e. The highest BCUT2D eigenvalue weighted by Crippen LogP contribution is 2.44. The summed E-state index contributed by atoms with van der Waals surface area (Å²) >= 11 is 0. The van der Waals surface area contributed by atoms with Crippen LogP contribution >= 0.6 is 0 Å². The quantitative estimate of drug-likeness (QED) is 0.159. The van der Waals surface area contributed by atoms with Gasteiger partial charge in [0.25, 0.3) is 0 Å². The molecular weight excluding hydrogens is 480 g/mol. The largest absolute Gasteiger partial charge is 0.0877 e. The Labute approximate surface area is 235 Å². The Morgan fingerprint density at radius 1 is 0.600 bits per heavy atom. The van der Waals surface area contributed by atoms with Gasteiger partial charge in [-0.25, -0.2) is 0 Å². The average Bonchev–Trinajstić information content (AvgIpc) is 3.01. The first kappa shape index (κ1) is 24.4. The lowest BCUT2D eigenvalue weighted by Crippen LogP contribution is -2.32. The first-order chi connectivity index (χ1) is 19.8. The second-order valence-electron chi connectivity index (χ2n) is 10.8. The van der Waals surface area contributed by atoms with E-state index in [1.54, 1.807) is 0 Å². The van der Waals surface area contributed by atoms with Gasteiger partial charge in [-0.05, 0) is 90.7 Å². The minimum atomic E-state index is 0.460. The Morgan fingerprint density at radius 2 is 1.20 bits per heavy atom. The number of rotatable bonds is 5. The van der Waals surface area contributed by atoms with Gasteiger partial charge in [0.1, 0.15) is 0 Å². The Morgan fingerprint density at radius 3 is 1.93 bits per heavy atom. The molecule has 0 radical (unpaired) electrons. The molecule has 0 spiro atoms.